The van der Waals surface area contributed by atoms with E-state index in [1.165, 1.54) is 13.8 Å². The second kappa shape index (κ2) is 7.36. The fraction of sp³-hybridized carbons (Fsp3) is 0.250. The fourth-order valence-corrected chi connectivity index (χ4v) is 2.26. The molecule has 0 aliphatic rings. The van der Waals surface area contributed by atoms with Crippen molar-refractivity contribution in [3.8, 4) is 0 Å². The minimum atomic E-state index is -2.46. The molecule has 0 heterocycles. The van der Waals surface area contributed by atoms with Crippen LogP contribution in [0, 0.1) is 52.4 Å². The van der Waals surface area contributed by atoms with E-state index in [1.807, 2.05) is 0 Å². The molecule has 0 aliphatic heterocycles. The molecule has 0 spiro atoms. The Bertz CT molecular complexity index is 885. The van der Waals surface area contributed by atoms with Gasteiger partial charge in [-0.15, -0.1) is 0 Å². The molecule has 2 aromatic carbocycles. The minimum absolute atomic E-state index is 0.0331. The number of nitrogens with zero attached hydrogens (tertiary/aromatic N) is 1. The van der Waals surface area contributed by atoms with Crippen LogP contribution in [0.5, 0.6) is 0 Å². The first-order valence-electron chi connectivity index (χ1n) is 7.36. The smallest absolute Gasteiger partial charge is 0.206 e. The molecule has 2 rings (SSSR count). The van der Waals surface area contributed by atoms with Crippen molar-refractivity contribution >= 4 is 23.9 Å². The molecule has 2 aromatic rings. The number of halogens is 9. The Morgan fingerprint density at radius 1 is 0.556 bits per heavy atom. The van der Waals surface area contributed by atoms with E-state index in [0.717, 1.165) is 11.9 Å². The molecule has 0 unspecified atom stereocenters. The third kappa shape index (κ3) is 3.34. The summed E-state index contributed by atoms with van der Waals surface area (Å²) in [4.78, 5) is 0.902. The standard InChI is InChI=1S/C16H10BF9N/c1-4(2)27(3)16-6(9(20)12(23)14(25)15(16)26)17-5-7(18)10(21)13(24)11(22)8(5)19/h4H,1-3H3. The summed E-state index contributed by atoms with van der Waals surface area (Å²) in [6.45, 7) is 2.89. The van der Waals surface area contributed by atoms with Crippen LogP contribution in [0.2, 0.25) is 0 Å². The Morgan fingerprint density at radius 3 is 1.30 bits per heavy atom. The Labute approximate surface area is 148 Å². The van der Waals surface area contributed by atoms with Crippen molar-refractivity contribution in [2.45, 2.75) is 19.9 Å². The molecule has 0 aromatic heterocycles. The van der Waals surface area contributed by atoms with Crippen LogP contribution in [0.25, 0.3) is 0 Å². The fourth-order valence-electron chi connectivity index (χ4n) is 2.26. The molecule has 1 radical (unpaired) electrons. The van der Waals surface area contributed by atoms with Crippen molar-refractivity contribution in [1.82, 2.24) is 0 Å². The molecule has 0 fully saturated rings. The summed E-state index contributed by atoms with van der Waals surface area (Å²) in [6.07, 6.45) is 0. The highest BCUT2D eigenvalue weighted by Gasteiger charge is 2.32. The predicted octanol–water partition coefficient (Wildman–Crippen LogP) is 3.44. The van der Waals surface area contributed by atoms with E-state index in [0.29, 0.717) is 0 Å². The topological polar surface area (TPSA) is 3.24 Å². The first kappa shape index (κ1) is 21.0. The third-order valence-electron chi connectivity index (χ3n) is 3.94. The van der Waals surface area contributed by atoms with Gasteiger partial charge in [-0.25, -0.2) is 39.5 Å². The summed E-state index contributed by atoms with van der Waals surface area (Å²) in [5.41, 5.74) is -3.80. The van der Waals surface area contributed by atoms with Gasteiger partial charge >= 0.3 is 0 Å². The Hall–Kier alpha value is -2.33. The second-order valence-electron chi connectivity index (χ2n) is 5.85. The molecule has 0 saturated heterocycles. The van der Waals surface area contributed by atoms with Crippen molar-refractivity contribution in [3.63, 3.8) is 0 Å². The average molecular weight is 398 g/mol. The van der Waals surface area contributed by atoms with Crippen LogP contribution >= 0.6 is 0 Å². The predicted molar refractivity (Wildman–Crippen MR) is 81.1 cm³/mol. The van der Waals surface area contributed by atoms with Gasteiger partial charge in [-0.3, -0.25) is 0 Å². The summed E-state index contributed by atoms with van der Waals surface area (Å²) >= 11 is 0. The number of hydrogen-bond acceptors (Lipinski definition) is 1. The zero-order valence-corrected chi connectivity index (χ0v) is 14.0. The third-order valence-corrected chi connectivity index (χ3v) is 3.94. The molecule has 0 atom stereocenters. The SMILES string of the molecule is CC(C)N(C)c1c(F)c(F)c(F)c(F)c1[B]c1c(F)c(F)c(F)c(F)c1F. The molecule has 0 aliphatic carbocycles. The lowest BCUT2D eigenvalue weighted by atomic mass is 9.62. The molecule has 0 N–H and O–H groups in total. The van der Waals surface area contributed by atoms with Crippen LogP contribution in [0.1, 0.15) is 13.8 Å². The largest absolute Gasteiger partial charge is 0.370 e. The highest BCUT2D eigenvalue weighted by molar-refractivity contribution is 6.69. The van der Waals surface area contributed by atoms with Crippen LogP contribution in [0.4, 0.5) is 45.2 Å². The van der Waals surface area contributed by atoms with Crippen LogP contribution in [0.3, 0.4) is 0 Å². The first-order chi connectivity index (χ1) is 12.4. The van der Waals surface area contributed by atoms with Crippen LogP contribution in [-0.2, 0) is 0 Å². The van der Waals surface area contributed by atoms with Gasteiger partial charge in [0.1, 0.15) is 0 Å². The molecule has 145 valence electrons. The van der Waals surface area contributed by atoms with Gasteiger partial charge in [-0.05, 0) is 24.8 Å². The van der Waals surface area contributed by atoms with Gasteiger partial charge in [0.15, 0.2) is 52.4 Å². The van der Waals surface area contributed by atoms with Crippen molar-refractivity contribution < 1.29 is 39.5 Å². The molecule has 0 amide bonds. The Balaban J connectivity index is 2.82. The lowest BCUT2D eigenvalue weighted by Crippen LogP contribution is -2.42. The monoisotopic (exact) mass is 398 g/mol. The van der Waals surface area contributed by atoms with E-state index in [1.54, 1.807) is 0 Å². The summed E-state index contributed by atoms with van der Waals surface area (Å²) in [7, 11) is 1.17. The van der Waals surface area contributed by atoms with Gasteiger partial charge in [0.05, 0.1) is 5.69 Å². The van der Waals surface area contributed by atoms with Crippen LogP contribution < -0.4 is 15.8 Å². The maximum absolute atomic E-state index is 14.2. The van der Waals surface area contributed by atoms with Gasteiger partial charge in [-0.1, -0.05) is 0 Å². The quantitative estimate of drug-likeness (QED) is 0.330. The first-order valence-corrected chi connectivity index (χ1v) is 7.36. The lowest BCUT2D eigenvalue weighted by molar-refractivity contribution is 0.384. The number of hydrogen-bond donors (Lipinski definition) is 0. The summed E-state index contributed by atoms with van der Waals surface area (Å²) in [5, 5.41) is 0. The molecule has 27 heavy (non-hydrogen) atoms. The lowest BCUT2D eigenvalue weighted by Gasteiger charge is -2.27. The van der Waals surface area contributed by atoms with Crippen LogP contribution in [-0.4, -0.2) is 20.4 Å². The summed E-state index contributed by atoms with van der Waals surface area (Å²) in [5.74, 6) is -20.2. The van der Waals surface area contributed by atoms with Crippen molar-refractivity contribution in [3.05, 3.63) is 52.4 Å². The normalized spacial score (nSPS) is 11.3. The number of rotatable bonds is 4. The van der Waals surface area contributed by atoms with Crippen LogP contribution in [0.15, 0.2) is 0 Å². The van der Waals surface area contributed by atoms with E-state index < -0.39 is 75.0 Å². The van der Waals surface area contributed by atoms with E-state index >= 15 is 0 Å². The maximum atomic E-state index is 14.2. The molecular weight excluding hydrogens is 388 g/mol. The zero-order chi connectivity index (χ0) is 20.8. The maximum Gasteiger partial charge on any atom is 0.206 e. The molecule has 1 nitrogen and oxygen atoms in total. The number of anilines is 1. The molecule has 0 bridgehead atoms. The Morgan fingerprint density at radius 2 is 0.889 bits per heavy atom. The summed E-state index contributed by atoms with van der Waals surface area (Å²) < 4.78 is 123. The average Bonchev–Trinajstić information content (AvgIpc) is 2.63. The second-order valence-corrected chi connectivity index (χ2v) is 5.85. The highest BCUT2D eigenvalue weighted by atomic mass is 19.2. The molecule has 11 heteroatoms. The van der Waals surface area contributed by atoms with E-state index in [2.05, 4.69) is 0 Å². The van der Waals surface area contributed by atoms with Gasteiger partial charge in [-0.2, -0.15) is 0 Å². The summed E-state index contributed by atoms with van der Waals surface area (Å²) in [6, 6.07) is -0.632. The Kier molecular flexibility index (Phi) is 5.72. The molecular formula is C16H10BF9N. The minimum Gasteiger partial charge on any atom is -0.370 e. The van der Waals surface area contributed by atoms with E-state index in [4.69, 9.17) is 0 Å². The van der Waals surface area contributed by atoms with Crippen molar-refractivity contribution in [1.29, 1.82) is 0 Å². The zero-order valence-electron chi connectivity index (χ0n) is 14.0. The number of benzene rings is 2. The van der Waals surface area contributed by atoms with Crippen molar-refractivity contribution in [2.24, 2.45) is 0 Å². The van der Waals surface area contributed by atoms with E-state index in [-0.39, 0.29) is 7.28 Å². The van der Waals surface area contributed by atoms with E-state index in [9.17, 15) is 39.5 Å². The van der Waals surface area contributed by atoms with Gasteiger partial charge in [0.25, 0.3) is 0 Å². The van der Waals surface area contributed by atoms with Gasteiger partial charge < -0.3 is 4.90 Å². The molecule has 0 saturated carbocycles. The highest BCUT2D eigenvalue weighted by Crippen LogP contribution is 2.25. The van der Waals surface area contributed by atoms with Gasteiger partial charge in [0.2, 0.25) is 7.28 Å². The van der Waals surface area contributed by atoms with Gasteiger partial charge in [0, 0.05) is 13.1 Å². The van der Waals surface area contributed by atoms with Crippen molar-refractivity contribution in [2.75, 3.05) is 11.9 Å².